The van der Waals surface area contributed by atoms with Crippen LogP contribution in [-0.2, 0) is 6.54 Å². The molecule has 0 aliphatic carbocycles. The predicted molar refractivity (Wildman–Crippen MR) is 70.0 cm³/mol. The van der Waals surface area contributed by atoms with Gasteiger partial charge in [-0.25, -0.2) is 9.58 Å². The van der Waals surface area contributed by atoms with Crippen molar-refractivity contribution in [2.45, 2.75) is 27.3 Å². The fourth-order valence-electron chi connectivity index (χ4n) is 2.07. The number of benzene rings is 1. The fourth-order valence-corrected chi connectivity index (χ4v) is 2.07. The van der Waals surface area contributed by atoms with Crippen molar-refractivity contribution in [1.29, 1.82) is 0 Å². The summed E-state index contributed by atoms with van der Waals surface area (Å²) in [6.45, 7) is 7.48. The highest BCUT2D eigenvalue weighted by atomic mass is 127. The quantitative estimate of drug-likeness (QED) is 0.524. The van der Waals surface area contributed by atoms with Crippen LogP contribution in [0.15, 0.2) is 36.7 Å². The Kier molecular flexibility index (Phi) is 5.19. The topological polar surface area (TPSA) is 12.0 Å². The third-order valence-electron chi connectivity index (χ3n) is 3.34. The molecule has 0 radical (unpaired) electrons. The second-order valence-corrected chi connectivity index (χ2v) is 4.28. The summed E-state index contributed by atoms with van der Waals surface area (Å²) in [5.41, 5.74) is 3.78. The number of halogens is 1. The van der Waals surface area contributed by atoms with Crippen molar-refractivity contribution in [3.63, 3.8) is 0 Å². The van der Waals surface area contributed by atoms with Crippen LogP contribution in [0.25, 0.3) is 0 Å². The minimum absolute atomic E-state index is 0. The summed E-state index contributed by atoms with van der Waals surface area (Å²) in [4.78, 5) is 0. The first-order valence-corrected chi connectivity index (χ1v) is 6.02. The summed E-state index contributed by atoms with van der Waals surface area (Å²) in [5.74, 6) is 0. The molecule has 0 bridgehead atoms. The van der Waals surface area contributed by atoms with Gasteiger partial charge in [0.25, 0.3) is 6.33 Å². The monoisotopic (exact) mass is 357 g/mol. The van der Waals surface area contributed by atoms with E-state index in [4.69, 9.17) is 0 Å². The number of aryl methyl sites for hydroxylation is 1. The van der Waals surface area contributed by atoms with Gasteiger partial charge in [-0.05, 0) is 19.1 Å². The lowest BCUT2D eigenvalue weighted by Crippen LogP contribution is -3.00. The average Bonchev–Trinajstić information content (AvgIpc) is 2.66. The van der Waals surface area contributed by atoms with Crippen molar-refractivity contribution in [3.8, 4) is 0 Å². The van der Waals surface area contributed by atoms with Crippen LogP contribution >= 0.6 is 0 Å². The number of hydrogen-bond acceptors (Lipinski definition) is 1. The van der Waals surface area contributed by atoms with Gasteiger partial charge < -0.3 is 24.0 Å². The largest absolute Gasteiger partial charge is 1.00 e. The Labute approximate surface area is 126 Å². The van der Waals surface area contributed by atoms with E-state index in [1.807, 2.05) is 6.07 Å². The Hall–Kier alpha value is -1.04. The Bertz CT molecular complexity index is 505. The van der Waals surface area contributed by atoms with Crippen molar-refractivity contribution in [2.24, 2.45) is 0 Å². The van der Waals surface area contributed by atoms with Crippen molar-refractivity contribution < 1.29 is 28.5 Å². The van der Waals surface area contributed by atoms with Gasteiger partial charge in [-0.3, -0.25) is 0 Å². The fraction of sp³-hybridized carbons (Fsp3) is 0.357. The van der Waals surface area contributed by atoms with E-state index in [0.29, 0.717) is 0 Å². The smallest absolute Gasteiger partial charge is 0.268 e. The SMILES string of the molecule is CC[n+]1cn(N(C)c2ccccc2)c(C)c1C.[I-]. The van der Waals surface area contributed by atoms with E-state index < -0.39 is 0 Å². The molecule has 0 spiro atoms. The lowest BCUT2D eigenvalue weighted by molar-refractivity contribution is -0.698. The standard InChI is InChI=1S/C14H20N3.HI/c1-5-16-11-17(13(3)12(16)2)15(4)14-9-7-6-8-10-14;/h6-11H,5H2,1-4H3;1H/q+1;/p-1. The minimum Gasteiger partial charge on any atom is -1.00 e. The molecule has 18 heavy (non-hydrogen) atoms. The van der Waals surface area contributed by atoms with Gasteiger partial charge in [0.15, 0.2) is 5.69 Å². The molecule has 98 valence electrons. The van der Waals surface area contributed by atoms with E-state index in [1.165, 1.54) is 17.1 Å². The van der Waals surface area contributed by atoms with Crippen molar-refractivity contribution in [2.75, 3.05) is 12.1 Å². The van der Waals surface area contributed by atoms with Gasteiger partial charge >= 0.3 is 0 Å². The Balaban J connectivity index is 0.00000162. The molecule has 0 saturated carbocycles. The molecule has 1 aromatic heterocycles. The molecule has 0 fully saturated rings. The number of nitrogens with zero attached hydrogens (tertiary/aromatic N) is 3. The Morgan fingerprint density at radius 1 is 1.17 bits per heavy atom. The first-order chi connectivity index (χ1) is 8.15. The van der Waals surface area contributed by atoms with Crippen LogP contribution in [0.5, 0.6) is 0 Å². The molecule has 3 nitrogen and oxygen atoms in total. The average molecular weight is 357 g/mol. The van der Waals surface area contributed by atoms with Gasteiger partial charge in [0, 0.05) is 20.9 Å². The summed E-state index contributed by atoms with van der Waals surface area (Å²) in [5, 5.41) is 2.16. The zero-order valence-electron chi connectivity index (χ0n) is 11.4. The zero-order valence-corrected chi connectivity index (χ0v) is 13.5. The lowest BCUT2D eigenvalue weighted by Gasteiger charge is -2.15. The van der Waals surface area contributed by atoms with Crippen LogP contribution in [0.2, 0.25) is 0 Å². The van der Waals surface area contributed by atoms with E-state index in [2.05, 4.69) is 72.7 Å². The molecule has 0 atom stereocenters. The summed E-state index contributed by atoms with van der Waals surface area (Å²) < 4.78 is 4.45. The van der Waals surface area contributed by atoms with Crippen molar-refractivity contribution in [3.05, 3.63) is 48.0 Å². The van der Waals surface area contributed by atoms with E-state index in [1.54, 1.807) is 0 Å². The van der Waals surface area contributed by atoms with E-state index in [0.717, 1.165) is 6.54 Å². The minimum atomic E-state index is 0. The van der Waals surface area contributed by atoms with Crippen LogP contribution in [0.4, 0.5) is 5.69 Å². The molecule has 0 aliphatic rings. The second kappa shape index (κ2) is 6.22. The van der Waals surface area contributed by atoms with Gasteiger partial charge in [-0.15, -0.1) is 4.68 Å². The van der Waals surface area contributed by atoms with Crippen LogP contribution in [0.3, 0.4) is 0 Å². The summed E-state index contributed by atoms with van der Waals surface area (Å²) in [6, 6.07) is 10.4. The number of rotatable bonds is 3. The molecule has 0 unspecified atom stereocenters. The first-order valence-electron chi connectivity index (χ1n) is 6.02. The first kappa shape index (κ1) is 15.0. The number of aromatic nitrogens is 2. The molecule has 0 saturated heterocycles. The van der Waals surface area contributed by atoms with Crippen LogP contribution in [0, 0.1) is 13.8 Å². The molecule has 2 rings (SSSR count). The molecule has 2 aromatic rings. The summed E-state index contributed by atoms with van der Waals surface area (Å²) in [7, 11) is 2.09. The third kappa shape index (κ3) is 2.68. The number of anilines is 1. The van der Waals surface area contributed by atoms with Crippen LogP contribution in [0.1, 0.15) is 18.3 Å². The second-order valence-electron chi connectivity index (χ2n) is 4.28. The summed E-state index contributed by atoms with van der Waals surface area (Å²) in [6.07, 6.45) is 2.15. The van der Waals surface area contributed by atoms with E-state index >= 15 is 0 Å². The predicted octanol–water partition coefficient (Wildman–Crippen LogP) is -0.684. The molecule has 0 aliphatic heterocycles. The number of hydrogen-bond donors (Lipinski definition) is 0. The highest BCUT2D eigenvalue weighted by molar-refractivity contribution is 5.44. The van der Waals surface area contributed by atoms with Crippen LogP contribution in [-0.4, -0.2) is 11.7 Å². The summed E-state index contributed by atoms with van der Waals surface area (Å²) >= 11 is 0. The maximum absolute atomic E-state index is 2.26. The molecule has 1 heterocycles. The maximum Gasteiger partial charge on any atom is 0.268 e. The zero-order chi connectivity index (χ0) is 12.4. The molecule has 0 N–H and O–H groups in total. The Morgan fingerprint density at radius 3 is 2.28 bits per heavy atom. The van der Waals surface area contributed by atoms with E-state index in [-0.39, 0.29) is 24.0 Å². The highest BCUT2D eigenvalue weighted by Crippen LogP contribution is 2.14. The molecule has 0 amide bonds. The molecule has 4 heteroatoms. The van der Waals surface area contributed by atoms with Crippen molar-refractivity contribution in [1.82, 2.24) is 4.68 Å². The van der Waals surface area contributed by atoms with Gasteiger partial charge in [-0.1, -0.05) is 18.2 Å². The molecular weight excluding hydrogens is 337 g/mol. The van der Waals surface area contributed by atoms with Gasteiger partial charge in [0.05, 0.1) is 12.2 Å². The van der Waals surface area contributed by atoms with Gasteiger partial charge in [-0.2, -0.15) is 0 Å². The van der Waals surface area contributed by atoms with E-state index in [9.17, 15) is 0 Å². The number of para-hydroxylation sites is 1. The van der Waals surface area contributed by atoms with Crippen molar-refractivity contribution >= 4 is 5.69 Å². The third-order valence-corrected chi connectivity index (χ3v) is 3.34. The molecule has 1 aromatic carbocycles. The van der Waals surface area contributed by atoms with Crippen LogP contribution < -0.4 is 33.6 Å². The maximum atomic E-state index is 2.26. The Morgan fingerprint density at radius 2 is 1.78 bits per heavy atom. The van der Waals surface area contributed by atoms with Gasteiger partial charge in [0.1, 0.15) is 5.69 Å². The van der Waals surface area contributed by atoms with Gasteiger partial charge in [0.2, 0.25) is 0 Å². The molecular formula is C14H20IN3. The highest BCUT2D eigenvalue weighted by Gasteiger charge is 2.18. The number of imidazole rings is 1. The lowest BCUT2D eigenvalue weighted by atomic mass is 10.3. The normalized spacial score (nSPS) is 10.0.